The van der Waals surface area contributed by atoms with Gasteiger partial charge in [0.25, 0.3) is 5.91 Å². The minimum absolute atomic E-state index is 0.0812. The van der Waals surface area contributed by atoms with Crippen LogP contribution in [0.3, 0.4) is 0 Å². The highest BCUT2D eigenvalue weighted by Crippen LogP contribution is 2.12. The van der Waals surface area contributed by atoms with Crippen molar-refractivity contribution in [2.24, 2.45) is 11.5 Å². The lowest BCUT2D eigenvalue weighted by molar-refractivity contribution is -0.119. The van der Waals surface area contributed by atoms with Crippen LogP contribution in [-0.4, -0.2) is 19.1 Å². The number of aryl methyl sites for hydroxylation is 1. The molecule has 0 heterocycles. The molecule has 0 atom stereocenters. The van der Waals surface area contributed by atoms with Crippen LogP contribution in [0.1, 0.15) is 12.0 Å². The van der Waals surface area contributed by atoms with Crippen molar-refractivity contribution >= 4 is 5.91 Å². The van der Waals surface area contributed by atoms with E-state index in [1.165, 1.54) is 5.56 Å². The molecule has 0 aliphatic rings. The number of amides is 1. The molecule has 0 fully saturated rings. The summed E-state index contributed by atoms with van der Waals surface area (Å²) in [6.45, 7) is 0.613. The van der Waals surface area contributed by atoms with Crippen molar-refractivity contribution in [1.29, 1.82) is 0 Å². The summed E-state index contributed by atoms with van der Waals surface area (Å²) in [5.74, 6) is 0.188. The van der Waals surface area contributed by atoms with Crippen LogP contribution >= 0.6 is 0 Å². The predicted molar refractivity (Wildman–Crippen MR) is 58.5 cm³/mol. The van der Waals surface area contributed by atoms with Crippen molar-refractivity contribution in [3.63, 3.8) is 0 Å². The summed E-state index contributed by atoms with van der Waals surface area (Å²) in [7, 11) is 0. The van der Waals surface area contributed by atoms with Crippen LogP contribution in [-0.2, 0) is 11.2 Å². The molecule has 4 N–H and O–H groups in total. The molecule has 0 aromatic heterocycles. The van der Waals surface area contributed by atoms with Crippen molar-refractivity contribution in [2.45, 2.75) is 12.8 Å². The van der Waals surface area contributed by atoms with Crippen LogP contribution in [0.25, 0.3) is 0 Å². The molecule has 0 unspecified atom stereocenters. The van der Waals surface area contributed by atoms with Crippen LogP contribution in [0, 0.1) is 0 Å². The summed E-state index contributed by atoms with van der Waals surface area (Å²) in [6.07, 6.45) is 1.94. The molecule has 0 spiro atoms. The zero-order chi connectivity index (χ0) is 11.1. The molecule has 82 valence electrons. The summed E-state index contributed by atoms with van der Waals surface area (Å²) in [4.78, 5) is 10.5. The lowest BCUT2D eigenvalue weighted by Crippen LogP contribution is -2.19. The average Bonchev–Trinajstić information content (AvgIpc) is 2.25. The Morgan fingerprint density at radius 1 is 1.27 bits per heavy atom. The highest BCUT2D eigenvalue weighted by molar-refractivity contribution is 5.75. The molecule has 0 saturated heterocycles. The molecule has 1 amide bonds. The molecule has 15 heavy (non-hydrogen) atoms. The Morgan fingerprint density at radius 3 is 2.47 bits per heavy atom. The fourth-order valence-corrected chi connectivity index (χ4v) is 1.21. The molecule has 0 saturated carbocycles. The van der Waals surface area contributed by atoms with E-state index in [1.54, 1.807) is 0 Å². The van der Waals surface area contributed by atoms with E-state index >= 15 is 0 Å². The zero-order valence-corrected chi connectivity index (χ0v) is 8.61. The van der Waals surface area contributed by atoms with Gasteiger partial charge in [-0.25, -0.2) is 0 Å². The van der Waals surface area contributed by atoms with Crippen LogP contribution in [0.15, 0.2) is 24.3 Å². The van der Waals surface area contributed by atoms with Gasteiger partial charge < -0.3 is 16.2 Å². The minimum atomic E-state index is -0.470. The Morgan fingerprint density at radius 2 is 1.93 bits per heavy atom. The van der Waals surface area contributed by atoms with Gasteiger partial charge in [0.15, 0.2) is 6.61 Å². The van der Waals surface area contributed by atoms with E-state index in [9.17, 15) is 4.79 Å². The molecule has 0 aliphatic carbocycles. The minimum Gasteiger partial charge on any atom is -0.484 e. The fourth-order valence-electron chi connectivity index (χ4n) is 1.21. The van der Waals surface area contributed by atoms with E-state index in [-0.39, 0.29) is 6.61 Å². The average molecular weight is 208 g/mol. The lowest BCUT2D eigenvalue weighted by Gasteiger charge is -2.04. The van der Waals surface area contributed by atoms with Gasteiger partial charge in [0.1, 0.15) is 5.75 Å². The number of carbonyl (C=O) groups excluding carboxylic acids is 1. The Labute approximate surface area is 89.2 Å². The van der Waals surface area contributed by atoms with E-state index in [2.05, 4.69) is 0 Å². The molecule has 4 nitrogen and oxygen atoms in total. The van der Waals surface area contributed by atoms with Gasteiger partial charge in [0.2, 0.25) is 0 Å². The van der Waals surface area contributed by atoms with E-state index in [4.69, 9.17) is 16.2 Å². The number of ether oxygens (including phenoxy) is 1. The van der Waals surface area contributed by atoms with Crippen LogP contribution < -0.4 is 16.2 Å². The third kappa shape index (κ3) is 4.46. The van der Waals surface area contributed by atoms with Crippen molar-refractivity contribution in [3.05, 3.63) is 29.8 Å². The first-order valence-corrected chi connectivity index (χ1v) is 4.92. The first-order chi connectivity index (χ1) is 7.22. The maximum atomic E-state index is 10.5. The second kappa shape index (κ2) is 6.03. The van der Waals surface area contributed by atoms with Crippen molar-refractivity contribution in [3.8, 4) is 5.75 Å². The first kappa shape index (κ1) is 11.5. The SMILES string of the molecule is NCCCc1ccc(OCC(N)=O)cc1. The van der Waals surface area contributed by atoms with Crippen LogP contribution in [0.5, 0.6) is 5.75 Å². The van der Waals surface area contributed by atoms with Crippen molar-refractivity contribution in [1.82, 2.24) is 0 Å². The molecule has 4 heteroatoms. The van der Waals surface area contributed by atoms with Crippen LogP contribution in [0.2, 0.25) is 0 Å². The Bertz CT molecular complexity index is 309. The third-order valence-corrected chi connectivity index (χ3v) is 1.97. The maximum Gasteiger partial charge on any atom is 0.255 e. The van der Waals surface area contributed by atoms with Crippen molar-refractivity contribution < 1.29 is 9.53 Å². The van der Waals surface area contributed by atoms with Crippen molar-refractivity contribution in [2.75, 3.05) is 13.2 Å². The Balaban J connectivity index is 2.45. The fraction of sp³-hybridized carbons (Fsp3) is 0.364. The predicted octanol–water partition coefficient (Wildman–Crippen LogP) is 0.442. The van der Waals surface area contributed by atoms with E-state index in [0.717, 1.165) is 12.8 Å². The number of rotatable bonds is 6. The number of benzene rings is 1. The number of hydrogen-bond acceptors (Lipinski definition) is 3. The molecule has 0 bridgehead atoms. The first-order valence-electron chi connectivity index (χ1n) is 4.92. The molecular formula is C11H16N2O2. The molecule has 0 aliphatic heterocycles. The molecule has 1 aromatic rings. The number of nitrogens with two attached hydrogens (primary N) is 2. The van der Waals surface area contributed by atoms with Gasteiger partial charge in [-0.05, 0) is 37.1 Å². The van der Waals surface area contributed by atoms with Crippen LogP contribution in [0.4, 0.5) is 0 Å². The summed E-state index contributed by atoms with van der Waals surface area (Å²) in [6, 6.07) is 7.58. The molecule has 1 rings (SSSR count). The molecule has 1 aromatic carbocycles. The van der Waals surface area contributed by atoms with Gasteiger partial charge in [-0.1, -0.05) is 12.1 Å². The monoisotopic (exact) mass is 208 g/mol. The van der Waals surface area contributed by atoms with Gasteiger partial charge in [0.05, 0.1) is 0 Å². The number of carbonyl (C=O) groups is 1. The van der Waals surface area contributed by atoms with E-state index in [0.29, 0.717) is 12.3 Å². The zero-order valence-electron chi connectivity index (χ0n) is 8.61. The maximum absolute atomic E-state index is 10.5. The summed E-state index contributed by atoms with van der Waals surface area (Å²) in [5.41, 5.74) is 11.6. The largest absolute Gasteiger partial charge is 0.484 e. The summed E-state index contributed by atoms with van der Waals surface area (Å²) in [5, 5.41) is 0. The van der Waals surface area contributed by atoms with Gasteiger partial charge >= 0.3 is 0 Å². The van der Waals surface area contributed by atoms with E-state index in [1.807, 2.05) is 24.3 Å². The normalized spacial score (nSPS) is 9.93. The second-order valence-corrected chi connectivity index (χ2v) is 3.29. The van der Waals surface area contributed by atoms with E-state index < -0.39 is 5.91 Å². The molecular weight excluding hydrogens is 192 g/mol. The highest BCUT2D eigenvalue weighted by atomic mass is 16.5. The van der Waals surface area contributed by atoms with Gasteiger partial charge in [0, 0.05) is 0 Å². The van der Waals surface area contributed by atoms with Gasteiger partial charge in [-0.2, -0.15) is 0 Å². The topological polar surface area (TPSA) is 78.3 Å². The molecule has 0 radical (unpaired) electrons. The third-order valence-electron chi connectivity index (χ3n) is 1.97. The lowest BCUT2D eigenvalue weighted by atomic mass is 10.1. The summed E-state index contributed by atoms with van der Waals surface area (Å²) >= 11 is 0. The Kier molecular flexibility index (Phi) is 4.63. The standard InChI is InChI=1S/C11H16N2O2/c12-7-1-2-9-3-5-10(6-4-9)15-8-11(13)14/h3-6H,1-2,7-8,12H2,(H2,13,14). The highest BCUT2D eigenvalue weighted by Gasteiger charge is 1.97. The Hall–Kier alpha value is -1.55. The summed E-state index contributed by atoms with van der Waals surface area (Å²) < 4.78 is 5.13. The second-order valence-electron chi connectivity index (χ2n) is 3.29. The number of primary amides is 1. The van der Waals surface area contributed by atoms with Gasteiger partial charge in [-0.3, -0.25) is 4.79 Å². The van der Waals surface area contributed by atoms with Gasteiger partial charge in [-0.15, -0.1) is 0 Å². The smallest absolute Gasteiger partial charge is 0.255 e. The quantitative estimate of drug-likeness (QED) is 0.712. The number of hydrogen-bond donors (Lipinski definition) is 2.